The zero-order valence-corrected chi connectivity index (χ0v) is 13.0. The van der Waals surface area contributed by atoms with Crippen molar-refractivity contribution < 1.29 is 5.11 Å². The fraction of sp³-hybridized carbons (Fsp3) is 1.00. The normalized spacial score (nSPS) is 29.7. The second kappa shape index (κ2) is 6.55. The molecule has 2 aliphatic rings. The maximum atomic E-state index is 9.18. The molecular formula is C16H32N2O. The number of rotatable bonds is 6. The van der Waals surface area contributed by atoms with E-state index in [-0.39, 0.29) is 0 Å². The summed E-state index contributed by atoms with van der Waals surface area (Å²) in [6, 6.07) is 0.614. The van der Waals surface area contributed by atoms with E-state index in [1.54, 1.807) is 0 Å². The third-order valence-electron chi connectivity index (χ3n) is 4.31. The summed E-state index contributed by atoms with van der Waals surface area (Å²) >= 11 is 0. The molecule has 1 aliphatic heterocycles. The standard InChI is InChI=1S/C16H32N2O/c1-16(2,3)12-17-15-9-14(8-13-4-5-13)10-18(11-15)6-7-19/h13-15,17,19H,4-12H2,1-3H3. The number of hydrogen-bond donors (Lipinski definition) is 2. The number of β-amino-alcohol motifs (C(OH)–C–C–N with tert-alkyl or cyclic N) is 1. The number of nitrogens with zero attached hydrogens (tertiary/aromatic N) is 1. The van der Waals surface area contributed by atoms with Crippen molar-refractivity contribution in [2.24, 2.45) is 17.3 Å². The van der Waals surface area contributed by atoms with Crippen LogP contribution in [0.3, 0.4) is 0 Å². The Bertz CT molecular complexity index is 270. The molecule has 0 bridgehead atoms. The number of aliphatic hydroxyl groups is 1. The van der Waals surface area contributed by atoms with E-state index in [1.807, 2.05) is 0 Å². The van der Waals surface area contributed by atoms with Gasteiger partial charge in [-0.15, -0.1) is 0 Å². The van der Waals surface area contributed by atoms with E-state index in [9.17, 15) is 5.11 Å². The Balaban J connectivity index is 1.82. The zero-order chi connectivity index (χ0) is 13.9. The zero-order valence-electron chi connectivity index (χ0n) is 13.0. The van der Waals surface area contributed by atoms with Gasteiger partial charge in [-0.05, 0) is 30.1 Å². The van der Waals surface area contributed by atoms with Crippen molar-refractivity contribution in [1.29, 1.82) is 0 Å². The maximum absolute atomic E-state index is 9.18. The summed E-state index contributed by atoms with van der Waals surface area (Å²) in [6.07, 6.45) is 5.65. The van der Waals surface area contributed by atoms with Crippen molar-refractivity contribution in [1.82, 2.24) is 10.2 Å². The third kappa shape index (κ3) is 5.80. The molecule has 19 heavy (non-hydrogen) atoms. The molecule has 1 aliphatic carbocycles. The first-order valence-electron chi connectivity index (χ1n) is 8.03. The van der Waals surface area contributed by atoms with Gasteiger partial charge in [0.1, 0.15) is 0 Å². The molecule has 1 heterocycles. The number of hydrogen-bond acceptors (Lipinski definition) is 3. The molecule has 2 atom stereocenters. The predicted molar refractivity (Wildman–Crippen MR) is 80.2 cm³/mol. The topological polar surface area (TPSA) is 35.5 Å². The van der Waals surface area contributed by atoms with Crippen LogP contribution in [0.5, 0.6) is 0 Å². The van der Waals surface area contributed by atoms with Crippen LogP contribution in [0.4, 0.5) is 0 Å². The molecule has 2 fully saturated rings. The highest BCUT2D eigenvalue weighted by Crippen LogP contribution is 2.37. The first-order valence-corrected chi connectivity index (χ1v) is 8.03. The first-order chi connectivity index (χ1) is 8.96. The van der Waals surface area contributed by atoms with Crippen LogP contribution in [0.2, 0.25) is 0 Å². The fourth-order valence-electron chi connectivity index (χ4n) is 3.22. The van der Waals surface area contributed by atoms with E-state index >= 15 is 0 Å². The molecule has 3 heteroatoms. The molecule has 2 N–H and O–H groups in total. The maximum Gasteiger partial charge on any atom is 0.0558 e. The third-order valence-corrected chi connectivity index (χ3v) is 4.31. The van der Waals surface area contributed by atoms with Crippen molar-refractivity contribution in [2.75, 3.05) is 32.8 Å². The van der Waals surface area contributed by atoms with Crippen LogP contribution in [0.25, 0.3) is 0 Å². The molecule has 2 unspecified atom stereocenters. The first kappa shape index (κ1) is 15.3. The lowest BCUT2D eigenvalue weighted by atomic mass is 9.88. The molecule has 0 amide bonds. The lowest BCUT2D eigenvalue weighted by Gasteiger charge is -2.39. The SMILES string of the molecule is CC(C)(C)CNC1CC(CC2CC2)CN(CCO)C1. The quantitative estimate of drug-likeness (QED) is 0.774. The van der Waals surface area contributed by atoms with Crippen LogP contribution in [0, 0.1) is 17.3 Å². The minimum absolute atomic E-state index is 0.294. The largest absolute Gasteiger partial charge is 0.395 e. The van der Waals surface area contributed by atoms with E-state index in [1.165, 1.54) is 32.2 Å². The lowest BCUT2D eigenvalue weighted by Crippen LogP contribution is -2.51. The number of piperidine rings is 1. The average molecular weight is 268 g/mol. The van der Waals surface area contributed by atoms with E-state index in [0.717, 1.165) is 31.5 Å². The van der Waals surface area contributed by atoms with Crippen LogP contribution in [0.15, 0.2) is 0 Å². The second-order valence-corrected chi connectivity index (χ2v) is 7.90. The number of aliphatic hydroxyl groups excluding tert-OH is 1. The smallest absolute Gasteiger partial charge is 0.0558 e. The van der Waals surface area contributed by atoms with E-state index in [2.05, 4.69) is 31.0 Å². The molecule has 0 aromatic carbocycles. The Kier molecular flexibility index (Phi) is 5.27. The highest BCUT2D eigenvalue weighted by molar-refractivity contribution is 4.87. The summed E-state index contributed by atoms with van der Waals surface area (Å²) < 4.78 is 0. The van der Waals surface area contributed by atoms with E-state index in [4.69, 9.17) is 0 Å². The predicted octanol–water partition coefficient (Wildman–Crippen LogP) is 2.11. The van der Waals surface area contributed by atoms with E-state index < -0.39 is 0 Å². The molecule has 0 spiro atoms. The van der Waals surface area contributed by atoms with Crippen LogP contribution in [-0.4, -0.2) is 48.8 Å². The van der Waals surface area contributed by atoms with Gasteiger partial charge in [-0.2, -0.15) is 0 Å². The summed E-state index contributed by atoms with van der Waals surface area (Å²) in [7, 11) is 0. The Hall–Kier alpha value is -0.120. The summed E-state index contributed by atoms with van der Waals surface area (Å²) in [6.45, 7) is 11.4. The molecule has 0 aromatic rings. The van der Waals surface area contributed by atoms with Gasteiger partial charge in [0.2, 0.25) is 0 Å². The number of nitrogens with one attached hydrogen (secondary N) is 1. The molecule has 112 valence electrons. The minimum Gasteiger partial charge on any atom is -0.395 e. The van der Waals surface area contributed by atoms with Crippen molar-refractivity contribution >= 4 is 0 Å². The molecule has 1 saturated heterocycles. The van der Waals surface area contributed by atoms with Gasteiger partial charge in [-0.3, -0.25) is 4.90 Å². The average Bonchev–Trinajstić information content (AvgIpc) is 3.10. The monoisotopic (exact) mass is 268 g/mol. The van der Waals surface area contributed by atoms with Crippen molar-refractivity contribution in [3.8, 4) is 0 Å². The van der Waals surface area contributed by atoms with Gasteiger partial charge in [0.25, 0.3) is 0 Å². The lowest BCUT2D eigenvalue weighted by molar-refractivity contribution is 0.106. The fourth-order valence-corrected chi connectivity index (χ4v) is 3.22. The molecule has 1 saturated carbocycles. The van der Waals surface area contributed by atoms with Crippen LogP contribution >= 0.6 is 0 Å². The molecule has 2 rings (SSSR count). The van der Waals surface area contributed by atoms with Crippen molar-refractivity contribution in [3.63, 3.8) is 0 Å². The summed E-state index contributed by atoms with van der Waals surface area (Å²) in [5, 5.41) is 12.9. The Morgan fingerprint density at radius 2 is 1.89 bits per heavy atom. The summed E-state index contributed by atoms with van der Waals surface area (Å²) in [4.78, 5) is 2.46. The Morgan fingerprint density at radius 3 is 2.47 bits per heavy atom. The summed E-state index contributed by atoms with van der Waals surface area (Å²) in [5.74, 6) is 1.85. The molecule has 0 aromatic heterocycles. The number of likely N-dealkylation sites (tertiary alicyclic amines) is 1. The molecule has 0 radical (unpaired) electrons. The van der Waals surface area contributed by atoms with Gasteiger partial charge in [0, 0.05) is 32.2 Å². The van der Waals surface area contributed by atoms with Crippen LogP contribution in [-0.2, 0) is 0 Å². The van der Waals surface area contributed by atoms with Crippen molar-refractivity contribution in [3.05, 3.63) is 0 Å². The molecule has 3 nitrogen and oxygen atoms in total. The van der Waals surface area contributed by atoms with Crippen LogP contribution < -0.4 is 5.32 Å². The van der Waals surface area contributed by atoms with Gasteiger partial charge in [-0.1, -0.05) is 33.6 Å². The van der Waals surface area contributed by atoms with E-state index in [0.29, 0.717) is 18.1 Å². The van der Waals surface area contributed by atoms with Gasteiger partial charge >= 0.3 is 0 Å². The van der Waals surface area contributed by atoms with Crippen molar-refractivity contribution in [2.45, 2.75) is 52.5 Å². The summed E-state index contributed by atoms with van der Waals surface area (Å²) in [5.41, 5.74) is 0.352. The van der Waals surface area contributed by atoms with Gasteiger partial charge in [0.15, 0.2) is 0 Å². The Labute approximate surface area is 118 Å². The molecular weight excluding hydrogens is 236 g/mol. The van der Waals surface area contributed by atoms with Gasteiger partial charge in [-0.25, -0.2) is 0 Å². The Morgan fingerprint density at radius 1 is 1.16 bits per heavy atom. The minimum atomic E-state index is 0.294. The highest BCUT2D eigenvalue weighted by Gasteiger charge is 2.32. The second-order valence-electron chi connectivity index (χ2n) is 7.90. The highest BCUT2D eigenvalue weighted by atomic mass is 16.3. The van der Waals surface area contributed by atoms with Gasteiger partial charge in [0.05, 0.1) is 6.61 Å². The van der Waals surface area contributed by atoms with Gasteiger partial charge < -0.3 is 10.4 Å². The van der Waals surface area contributed by atoms with Crippen LogP contribution in [0.1, 0.15) is 46.5 Å².